The first kappa shape index (κ1) is 19.0. The summed E-state index contributed by atoms with van der Waals surface area (Å²) in [5.74, 6) is -0.0248. The Labute approximate surface area is 148 Å². The lowest BCUT2D eigenvalue weighted by Crippen LogP contribution is -2.35. The van der Waals surface area contributed by atoms with Crippen molar-refractivity contribution in [2.24, 2.45) is 11.8 Å². The maximum atomic E-state index is 12.4. The van der Waals surface area contributed by atoms with Crippen LogP contribution in [0.1, 0.15) is 46.0 Å². The van der Waals surface area contributed by atoms with E-state index in [4.69, 9.17) is 0 Å². The number of hydrogen-bond acceptors (Lipinski definition) is 3. The maximum Gasteiger partial charge on any atom is 0.227 e. The smallest absolute Gasteiger partial charge is 0.227 e. The molecule has 1 saturated carbocycles. The summed E-state index contributed by atoms with van der Waals surface area (Å²) in [4.78, 5) is 35.4. The zero-order chi connectivity index (χ0) is 18.2. The summed E-state index contributed by atoms with van der Waals surface area (Å²) in [7, 11) is 0. The monoisotopic (exact) mass is 345 g/mol. The van der Waals surface area contributed by atoms with E-state index in [9.17, 15) is 14.4 Å². The number of benzene rings is 1. The lowest BCUT2D eigenvalue weighted by Gasteiger charge is -2.27. The first-order valence-electron chi connectivity index (χ1n) is 8.95. The molecule has 0 saturated heterocycles. The summed E-state index contributed by atoms with van der Waals surface area (Å²) in [6.07, 6.45) is 3.93. The normalized spacial score (nSPS) is 19.8. The second-order valence-electron chi connectivity index (χ2n) is 6.59. The molecule has 0 bridgehead atoms. The molecule has 1 fully saturated rings. The van der Waals surface area contributed by atoms with E-state index in [2.05, 4.69) is 16.0 Å². The Morgan fingerprint density at radius 3 is 1.84 bits per heavy atom. The van der Waals surface area contributed by atoms with Crippen LogP contribution in [0.25, 0.3) is 0 Å². The lowest BCUT2D eigenvalue weighted by molar-refractivity contribution is -0.128. The zero-order valence-corrected chi connectivity index (χ0v) is 14.9. The van der Waals surface area contributed by atoms with Crippen molar-refractivity contribution in [1.29, 1.82) is 0 Å². The maximum absolute atomic E-state index is 12.4. The Morgan fingerprint density at radius 1 is 0.880 bits per heavy atom. The summed E-state index contributed by atoms with van der Waals surface area (Å²) in [5.41, 5.74) is 1.41. The fourth-order valence-corrected chi connectivity index (χ4v) is 3.09. The molecule has 0 unspecified atom stereocenters. The number of hydrogen-bond donors (Lipinski definition) is 3. The highest BCUT2D eigenvalue weighted by molar-refractivity contribution is 5.93. The molecule has 0 atom stereocenters. The van der Waals surface area contributed by atoms with Crippen molar-refractivity contribution in [3.63, 3.8) is 0 Å². The largest absolute Gasteiger partial charge is 0.356 e. The number of carbonyl (C=O) groups excluding carboxylic acids is 3. The van der Waals surface area contributed by atoms with Gasteiger partial charge in [-0.05, 0) is 56.4 Å². The predicted octanol–water partition coefficient (Wildman–Crippen LogP) is 2.92. The Kier molecular flexibility index (Phi) is 6.98. The Balaban J connectivity index is 1.80. The average Bonchev–Trinajstić information content (AvgIpc) is 2.61. The van der Waals surface area contributed by atoms with Gasteiger partial charge in [-0.3, -0.25) is 14.4 Å². The highest BCUT2D eigenvalue weighted by Crippen LogP contribution is 2.30. The van der Waals surface area contributed by atoms with Crippen LogP contribution in [0.15, 0.2) is 24.3 Å². The topological polar surface area (TPSA) is 87.3 Å². The van der Waals surface area contributed by atoms with Crippen LogP contribution in [0.3, 0.4) is 0 Å². The summed E-state index contributed by atoms with van der Waals surface area (Å²) >= 11 is 0. The van der Waals surface area contributed by atoms with Gasteiger partial charge in [-0.15, -0.1) is 0 Å². The van der Waals surface area contributed by atoms with E-state index in [1.165, 1.54) is 6.92 Å². The standard InChI is InChI=1S/C19H27N3O3/c1-3-12-20-18(24)14-4-6-15(7-5-14)19(25)22-17-10-8-16(9-11-17)21-13(2)23/h8-11,14-15H,3-7,12H2,1-2H3,(H,20,24)(H,21,23)(H,22,25). The van der Waals surface area contributed by atoms with Gasteiger partial charge in [0.15, 0.2) is 0 Å². The van der Waals surface area contributed by atoms with Crippen molar-refractivity contribution in [3.8, 4) is 0 Å². The highest BCUT2D eigenvalue weighted by Gasteiger charge is 2.29. The molecular weight excluding hydrogens is 318 g/mol. The minimum atomic E-state index is -0.128. The highest BCUT2D eigenvalue weighted by atomic mass is 16.2. The van der Waals surface area contributed by atoms with Gasteiger partial charge < -0.3 is 16.0 Å². The third-order valence-electron chi connectivity index (χ3n) is 4.49. The third kappa shape index (κ3) is 5.89. The molecule has 1 aromatic carbocycles. The van der Waals surface area contributed by atoms with Gasteiger partial charge in [-0.2, -0.15) is 0 Å². The van der Waals surface area contributed by atoms with E-state index in [1.54, 1.807) is 24.3 Å². The number of nitrogens with one attached hydrogen (secondary N) is 3. The Morgan fingerprint density at radius 2 is 1.36 bits per heavy atom. The molecule has 6 nitrogen and oxygen atoms in total. The van der Waals surface area contributed by atoms with Crippen LogP contribution < -0.4 is 16.0 Å². The molecule has 0 radical (unpaired) electrons. The number of anilines is 2. The zero-order valence-electron chi connectivity index (χ0n) is 14.9. The molecule has 0 aliphatic heterocycles. The van der Waals surface area contributed by atoms with Gasteiger partial charge in [-0.25, -0.2) is 0 Å². The molecule has 6 heteroatoms. The van der Waals surface area contributed by atoms with Crippen molar-refractivity contribution in [2.45, 2.75) is 46.0 Å². The van der Waals surface area contributed by atoms with E-state index in [0.717, 1.165) is 32.1 Å². The number of amides is 3. The summed E-state index contributed by atoms with van der Waals surface area (Å²) < 4.78 is 0. The van der Waals surface area contributed by atoms with Crippen LogP contribution in [0.2, 0.25) is 0 Å². The van der Waals surface area contributed by atoms with Crippen LogP contribution in [-0.4, -0.2) is 24.3 Å². The average molecular weight is 345 g/mol. The first-order chi connectivity index (χ1) is 12.0. The molecule has 3 N–H and O–H groups in total. The second kappa shape index (κ2) is 9.20. The van der Waals surface area contributed by atoms with Gasteiger partial charge in [0.2, 0.25) is 17.7 Å². The van der Waals surface area contributed by atoms with Crippen molar-refractivity contribution in [2.75, 3.05) is 17.2 Å². The lowest BCUT2D eigenvalue weighted by atomic mass is 9.81. The molecule has 2 rings (SSSR count). The molecule has 1 aromatic rings. The van der Waals surface area contributed by atoms with E-state index in [1.807, 2.05) is 6.92 Å². The number of rotatable bonds is 6. The van der Waals surface area contributed by atoms with Gasteiger partial charge in [-0.1, -0.05) is 6.92 Å². The Bertz CT molecular complexity index is 605. The SMILES string of the molecule is CCCNC(=O)C1CCC(C(=O)Nc2ccc(NC(C)=O)cc2)CC1. The van der Waals surface area contributed by atoms with Gasteiger partial charge in [0, 0.05) is 36.7 Å². The van der Waals surface area contributed by atoms with Crippen molar-refractivity contribution < 1.29 is 14.4 Å². The predicted molar refractivity (Wildman–Crippen MR) is 98.1 cm³/mol. The van der Waals surface area contributed by atoms with Gasteiger partial charge in [0.1, 0.15) is 0 Å². The third-order valence-corrected chi connectivity index (χ3v) is 4.49. The molecule has 25 heavy (non-hydrogen) atoms. The first-order valence-corrected chi connectivity index (χ1v) is 8.95. The van der Waals surface area contributed by atoms with Gasteiger partial charge in [0.25, 0.3) is 0 Å². The second-order valence-corrected chi connectivity index (χ2v) is 6.59. The van der Waals surface area contributed by atoms with E-state index in [-0.39, 0.29) is 29.6 Å². The molecule has 0 spiro atoms. The Hall–Kier alpha value is -2.37. The summed E-state index contributed by atoms with van der Waals surface area (Å²) in [6, 6.07) is 7.05. The fourth-order valence-electron chi connectivity index (χ4n) is 3.09. The van der Waals surface area contributed by atoms with Crippen LogP contribution in [0, 0.1) is 11.8 Å². The van der Waals surface area contributed by atoms with Gasteiger partial charge in [0.05, 0.1) is 0 Å². The minimum Gasteiger partial charge on any atom is -0.356 e. The van der Waals surface area contributed by atoms with Crippen molar-refractivity contribution >= 4 is 29.1 Å². The van der Waals surface area contributed by atoms with E-state index in [0.29, 0.717) is 17.9 Å². The fraction of sp³-hybridized carbons (Fsp3) is 0.526. The molecule has 1 aliphatic carbocycles. The molecule has 0 heterocycles. The molecular formula is C19H27N3O3. The van der Waals surface area contributed by atoms with E-state index < -0.39 is 0 Å². The van der Waals surface area contributed by atoms with E-state index >= 15 is 0 Å². The van der Waals surface area contributed by atoms with Crippen LogP contribution >= 0.6 is 0 Å². The number of carbonyl (C=O) groups is 3. The van der Waals surface area contributed by atoms with Crippen LogP contribution in [0.5, 0.6) is 0 Å². The molecule has 3 amide bonds. The quantitative estimate of drug-likeness (QED) is 0.741. The molecule has 1 aliphatic rings. The van der Waals surface area contributed by atoms with Crippen LogP contribution in [-0.2, 0) is 14.4 Å². The summed E-state index contributed by atoms with van der Waals surface area (Å²) in [6.45, 7) is 4.20. The molecule has 136 valence electrons. The van der Waals surface area contributed by atoms with Crippen molar-refractivity contribution in [3.05, 3.63) is 24.3 Å². The minimum absolute atomic E-state index is 0.000284. The van der Waals surface area contributed by atoms with Crippen molar-refractivity contribution in [1.82, 2.24) is 5.32 Å². The van der Waals surface area contributed by atoms with Crippen LogP contribution in [0.4, 0.5) is 11.4 Å². The van der Waals surface area contributed by atoms with Gasteiger partial charge >= 0.3 is 0 Å². The molecule has 0 aromatic heterocycles. The summed E-state index contributed by atoms with van der Waals surface area (Å²) in [5, 5.41) is 8.54.